The fraction of sp³-hybridized carbons (Fsp3) is 0. The first-order valence-electron chi connectivity index (χ1n) is 5.33. The summed E-state index contributed by atoms with van der Waals surface area (Å²) in [6.07, 6.45) is 1.76. The fourth-order valence-electron chi connectivity index (χ4n) is 1.95. The highest BCUT2D eigenvalue weighted by Crippen LogP contribution is 2.23. The van der Waals surface area contributed by atoms with Crippen LogP contribution in [0.5, 0.6) is 0 Å². The lowest BCUT2D eigenvalue weighted by Gasteiger charge is -2.07. The first-order valence-corrected chi connectivity index (χ1v) is 5.33. The van der Waals surface area contributed by atoms with Gasteiger partial charge in [0, 0.05) is 5.69 Å². The first-order chi connectivity index (χ1) is 8.25. The van der Waals surface area contributed by atoms with Gasteiger partial charge in [-0.25, -0.2) is 4.98 Å². The second-order valence-electron chi connectivity index (χ2n) is 3.91. The number of nitrogens with zero attached hydrogens (tertiary/aromatic N) is 2. The van der Waals surface area contributed by atoms with Gasteiger partial charge >= 0.3 is 0 Å². The van der Waals surface area contributed by atoms with E-state index in [4.69, 9.17) is 11.5 Å². The standard InChI is InChI=1S/C13H12N4/c14-10-6-4-9(5-7-10)12-3-1-2-11-8-16-13(15)17(11)12/h1-8H,14H2,(H2,15,16). The minimum atomic E-state index is 0.493. The highest BCUT2D eigenvalue weighted by atomic mass is 15.1. The zero-order chi connectivity index (χ0) is 11.8. The quantitative estimate of drug-likeness (QED) is 0.622. The number of aromatic nitrogens is 2. The Morgan fingerprint density at radius 2 is 1.71 bits per heavy atom. The number of nitrogens with two attached hydrogens (primary N) is 2. The molecule has 0 atom stereocenters. The maximum Gasteiger partial charge on any atom is 0.205 e. The number of nitrogen functional groups attached to an aromatic ring is 2. The van der Waals surface area contributed by atoms with E-state index in [0.29, 0.717) is 5.95 Å². The summed E-state index contributed by atoms with van der Waals surface area (Å²) >= 11 is 0. The monoisotopic (exact) mass is 224 g/mol. The molecule has 0 aliphatic heterocycles. The van der Waals surface area contributed by atoms with Crippen LogP contribution in [-0.2, 0) is 0 Å². The number of hydrogen-bond donors (Lipinski definition) is 2. The fourth-order valence-corrected chi connectivity index (χ4v) is 1.95. The largest absolute Gasteiger partial charge is 0.399 e. The molecule has 4 nitrogen and oxygen atoms in total. The Hall–Kier alpha value is -2.49. The van der Waals surface area contributed by atoms with Crippen LogP contribution in [0.4, 0.5) is 11.6 Å². The zero-order valence-corrected chi connectivity index (χ0v) is 9.17. The minimum absolute atomic E-state index is 0.493. The minimum Gasteiger partial charge on any atom is -0.399 e. The number of fused-ring (bicyclic) bond motifs is 1. The van der Waals surface area contributed by atoms with E-state index < -0.39 is 0 Å². The average molecular weight is 224 g/mol. The van der Waals surface area contributed by atoms with Crippen LogP contribution in [0.3, 0.4) is 0 Å². The van der Waals surface area contributed by atoms with E-state index in [1.807, 2.05) is 46.9 Å². The van der Waals surface area contributed by atoms with Crippen LogP contribution in [0.15, 0.2) is 48.7 Å². The Labute approximate surface area is 98.5 Å². The third-order valence-electron chi connectivity index (χ3n) is 2.78. The van der Waals surface area contributed by atoms with Crippen molar-refractivity contribution >= 4 is 17.2 Å². The Morgan fingerprint density at radius 3 is 2.47 bits per heavy atom. The van der Waals surface area contributed by atoms with Crippen LogP contribution in [-0.4, -0.2) is 9.38 Å². The SMILES string of the molecule is Nc1ccc(-c2cccc3cnc(N)n23)cc1. The summed E-state index contributed by atoms with van der Waals surface area (Å²) < 4.78 is 1.92. The summed E-state index contributed by atoms with van der Waals surface area (Å²) in [5.41, 5.74) is 15.4. The predicted octanol–water partition coefficient (Wildman–Crippen LogP) is 2.17. The lowest BCUT2D eigenvalue weighted by Crippen LogP contribution is -1.97. The molecule has 17 heavy (non-hydrogen) atoms. The van der Waals surface area contributed by atoms with Crippen molar-refractivity contribution in [3.05, 3.63) is 48.7 Å². The summed E-state index contributed by atoms with van der Waals surface area (Å²) in [5.74, 6) is 0.493. The van der Waals surface area contributed by atoms with Crippen molar-refractivity contribution in [3.63, 3.8) is 0 Å². The molecule has 0 aliphatic rings. The lowest BCUT2D eigenvalue weighted by atomic mass is 10.1. The van der Waals surface area contributed by atoms with Crippen molar-refractivity contribution in [3.8, 4) is 11.3 Å². The van der Waals surface area contributed by atoms with Gasteiger partial charge in [-0.15, -0.1) is 0 Å². The van der Waals surface area contributed by atoms with Crippen LogP contribution < -0.4 is 11.5 Å². The second kappa shape index (κ2) is 3.52. The molecular formula is C13H12N4. The van der Waals surface area contributed by atoms with Crippen LogP contribution in [0.1, 0.15) is 0 Å². The Balaban J connectivity index is 2.29. The molecule has 0 saturated carbocycles. The molecule has 3 aromatic rings. The van der Waals surface area contributed by atoms with Crippen molar-refractivity contribution in [2.24, 2.45) is 0 Å². The number of hydrogen-bond acceptors (Lipinski definition) is 3. The van der Waals surface area contributed by atoms with E-state index in [1.54, 1.807) is 6.20 Å². The van der Waals surface area contributed by atoms with E-state index in [1.165, 1.54) is 0 Å². The van der Waals surface area contributed by atoms with E-state index in [9.17, 15) is 0 Å². The normalized spacial score (nSPS) is 10.8. The molecule has 2 heterocycles. The van der Waals surface area contributed by atoms with Gasteiger partial charge in [0.1, 0.15) is 0 Å². The molecule has 0 saturated heterocycles. The van der Waals surface area contributed by atoms with Gasteiger partial charge in [0.05, 0.1) is 17.4 Å². The molecule has 0 amide bonds. The highest BCUT2D eigenvalue weighted by molar-refractivity contribution is 5.68. The van der Waals surface area contributed by atoms with Crippen molar-refractivity contribution in [1.29, 1.82) is 0 Å². The zero-order valence-electron chi connectivity index (χ0n) is 9.17. The smallest absolute Gasteiger partial charge is 0.205 e. The summed E-state index contributed by atoms with van der Waals surface area (Å²) in [4.78, 5) is 4.12. The van der Waals surface area contributed by atoms with Crippen LogP contribution in [0, 0.1) is 0 Å². The molecule has 4 N–H and O–H groups in total. The van der Waals surface area contributed by atoms with Gasteiger partial charge in [-0.1, -0.05) is 18.2 Å². The molecule has 0 unspecified atom stereocenters. The third-order valence-corrected chi connectivity index (χ3v) is 2.78. The Morgan fingerprint density at radius 1 is 0.941 bits per heavy atom. The van der Waals surface area contributed by atoms with Gasteiger partial charge in [-0.3, -0.25) is 4.40 Å². The molecule has 2 aromatic heterocycles. The van der Waals surface area contributed by atoms with E-state index in [2.05, 4.69) is 4.98 Å². The third kappa shape index (κ3) is 1.50. The van der Waals surface area contributed by atoms with Gasteiger partial charge in [0.25, 0.3) is 0 Å². The molecule has 1 aromatic carbocycles. The summed E-state index contributed by atoms with van der Waals surface area (Å²) in [6.45, 7) is 0. The molecule has 4 heteroatoms. The molecule has 84 valence electrons. The molecule has 0 spiro atoms. The van der Waals surface area contributed by atoms with Gasteiger partial charge < -0.3 is 11.5 Å². The van der Waals surface area contributed by atoms with Crippen molar-refractivity contribution in [1.82, 2.24) is 9.38 Å². The van der Waals surface area contributed by atoms with E-state index in [-0.39, 0.29) is 0 Å². The topological polar surface area (TPSA) is 69.3 Å². The van der Waals surface area contributed by atoms with Crippen LogP contribution in [0.25, 0.3) is 16.8 Å². The van der Waals surface area contributed by atoms with E-state index in [0.717, 1.165) is 22.5 Å². The van der Waals surface area contributed by atoms with Crippen molar-refractivity contribution in [2.75, 3.05) is 11.5 Å². The first kappa shape index (κ1) is 9.72. The molecule has 0 fully saturated rings. The lowest BCUT2D eigenvalue weighted by molar-refractivity contribution is 1.18. The maximum absolute atomic E-state index is 5.87. The van der Waals surface area contributed by atoms with Gasteiger partial charge in [0.15, 0.2) is 0 Å². The van der Waals surface area contributed by atoms with Gasteiger partial charge in [-0.05, 0) is 29.8 Å². The van der Waals surface area contributed by atoms with Gasteiger partial charge in [-0.2, -0.15) is 0 Å². The highest BCUT2D eigenvalue weighted by Gasteiger charge is 2.06. The molecule has 3 rings (SSSR count). The van der Waals surface area contributed by atoms with Crippen LogP contribution in [0.2, 0.25) is 0 Å². The Bertz CT molecular complexity index is 667. The molecular weight excluding hydrogens is 212 g/mol. The number of rotatable bonds is 1. The predicted molar refractivity (Wildman–Crippen MR) is 69.5 cm³/mol. The van der Waals surface area contributed by atoms with Gasteiger partial charge in [0.2, 0.25) is 5.95 Å². The number of anilines is 2. The number of benzene rings is 1. The molecule has 0 bridgehead atoms. The van der Waals surface area contributed by atoms with Crippen molar-refractivity contribution < 1.29 is 0 Å². The summed E-state index contributed by atoms with van der Waals surface area (Å²) in [5, 5.41) is 0. The average Bonchev–Trinajstić information content (AvgIpc) is 2.73. The van der Waals surface area contributed by atoms with E-state index >= 15 is 0 Å². The number of imidazole rings is 1. The van der Waals surface area contributed by atoms with Crippen LogP contribution >= 0.6 is 0 Å². The molecule has 0 radical (unpaired) electrons. The number of pyridine rings is 1. The maximum atomic E-state index is 5.87. The van der Waals surface area contributed by atoms with Crippen molar-refractivity contribution in [2.45, 2.75) is 0 Å². The second-order valence-corrected chi connectivity index (χ2v) is 3.91. The molecule has 0 aliphatic carbocycles. The Kier molecular flexibility index (Phi) is 2.01. The summed E-state index contributed by atoms with van der Waals surface area (Å²) in [6, 6.07) is 13.7. The summed E-state index contributed by atoms with van der Waals surface area (Å²) in [7, 11) is 0.